The van der Waals surface area contributed by atoms with Crippen LogP contribution in [0.1, 0.15) is 19.3 Å². The van der Waals surface area contributed by atoms with Crippen LogP contribution in [-0.4, -0.2) is 37.0 Å². The van der Waals surface area contributed by atoms with Crippen LogP contribution in [0.15, 0.2) is 0 Å². The first-order valence-corrected chi connectivity index (χ1v) is 4.81. The van der Waals surface area contributed by atoms with Gasteiger partial charge in [0.05, 0.1) is 0 Å². The van der Waals surface area contributed by atoms with Crippen molar-refractivity contribution >= 4 is 0 Å². The van der Waals surface area contributed by atoms with Gasteiger partial charge in [0, 0.05) is 31.3 Å². The molecule has 70 valence electrons. The smallest absolute Gasteiger partial charge is 0.0483 e. The van der Waals surface area contributed by atoms with E-state index in [1.54, 1.807) is 0 Å². The van der Waals surface area contributed by atoms with E-state index in [0.717, 1.165) is 39.0 Å². The summed E-state index contributed by atoms with van der Waals surface area (Å²) < 4.78 is 5.33. The first-order valence-electron chi connectivity index (χ1n) is 4.81. The highest BCUT2D eigenvalue weighted by atomic mass is 16.5. The number of ether oxygens (including phenoxy) is 1. The Hall–Kier alpha value is -0.120. The van der Waals surface area contributed by atoms with E-state index in [1.165, 1.54) is 0 Å². The zero-order valence-corrected chi connectivity index (χ0v) is 7.38. The number of aliphatic hydroxyl groups is 1. The molecule has 1 atom stereocenters. The highest BCUT2D eigenvalue weighted by Gasteiger charge is 2.42. The van der Waals surface area contributed by atoms with E-state index in [1.807, 2.05) is 0 Å². The van der Waals surface area contributed by atoms with Crippen molar-refractivity contribution in [3.8, 4) is 0 Å². The lowest BCUT2D eigenvalue weighted by atomic mass is 9.80. The number of nitrogens with one attached hydrogen (secondary N) is 1. The second kappa shape index (κ2) is 3.32. The molecule has 12 heavy (non-hydrogen) atoms. The lowest BCUT2D eigenvalue weighted by Crippen LogP contribution is -2.50. The van der Waals surface area contributed by atoms with Gasteiger partial charge in [0.1, 0.15) is 0 Å². The average Bonchev–Trinajstić information content (AvgIpc) is 2.49. The lowest BCUT2D eigenvalue weighted by Gasteiger charge is -2.38. The second-order valence-corrected chi connectivity index (χ2v) is 3.86. The molecule has 2 fully saturated rings. The summed E-state index contributed by atoms with van der Waals surface area (Å²) in [5.74, 6) is 0.460. The van der Waals surface area contributed by atoms with Gasteiger partial charge in [-0.05, 0) is 25.8 Å². The fourth-order valence-corrected chi connectivity index (χ4v) is 2.50. The van der Waals surface area contributed by atoms with Gasteiger partial charge in [-0.3, -0.25) is 0 Å². The summed E-state index contributed by atoms with van der Waals surface area (Å²) in [5.41, 5.74) is 0.215. The molecule has 3 heteroatoms. The molecule has 2 N–H and O–H groups in total. The zero-order valence-electron chi connectivity index (χ0n) is 7.38. The first-order chi connectivity index (χ1) is 5.87. The van der Waals surface area contributed by atoms with Crippen LogP contribution in [0.25, 0.3) is 0 Å². The Morgan fingerprint density at radius 1 is 1.42 bits per heavy atom. The summed E-state index contributed by atoms with van der Waals surface area (Å²) in [6, 6.07) is 0. The van der Waals surface area contributed by atoms with Gasteiger partial charge in [-0.2, -0.15) is 0 Å². The van der Waals surface area contributed by atoms with Gasteiger partial charge in [-0.25, -0.2) is 0 Å². The Kier molecular flexibility index (Phi) is 2.35. The van der Waals surface area contributed by atoms with Crippen molar-refractivity contribution in [1.82, 2.24) is 5.32 Å². The highest BCUT2D eigenvalue weighted by molar-refractivity contribution is 5.00. The molecule has 0 radical (unpaired) electrons. The number of hydrogen-bond acceptors (Lipinski definition) is 3. The van der Waals surface area contributed by atoms with Crippen LogP contribution in [0.4, 0.5) is 0 Å². The molecule has 0 aromatic heterocycles. The van der Waals surface area contributed by atoms with Crippen LogP contribution in [0, 0.1) is 5.92 Å². The van der Waals surface area contributed by atoms with Gasteiger partial charge in [-0.1, -0.05) is 0 Å². The van der Waals surface area contributed by atoms with Gasteiger partial charge in [-0.15, -0.1) is 0 Å². The van der Waals surface area contributed by atoms with E-state index in [2.05, 4.69) is 5.32 Å². The molecule has 0 bridgehead atoms. The Labute approximate surface area is 73.1 Å². The van der Waals surface area contributed by atoms with Crippen molar-refractivity contribution in [2.24, 2.45) is 5.92 Å². The van der Waals surface area contributed by atoms with Crippen molar-refractivity contribution in [2.45, 2.75) is 24.8 Å². The summed E-state index contributed by atoms with van der Waals surface area (Å²) in [6.07, 6.45) is 3.26. The normalized spacial score (nSPS) is 34.2. The topological polar surface area (TPSA) is 41.5 Å². The van der Waals surface area contributed by atoms with Crippen molar-refractivity contribution in [1.29, 1.82) is 0 Å². The van der Waals surface area contributed by atoms with E-state index in [9.17, 15) is 5.11 Å². The minimum Gasteiger partial charge on any atom is -0.396 e. The fourth-order valence-electron chi connectivity index (χ4n) is 2.50. The van der Waals surface area contributed by atoms with Crippen molar-refractivity contribution in [3.05, 3.63) is 0 Å². The van der Waals surface area contributed by atoms with E-state index in [4.69, 9.17) is 4.74 Å². The zero-order chi connectivity index (χ0) is 8.44. The highest BCUT2D eigenvalue weighted by Crippen LogP contribution is 2.34. The molecule has 2 rings (SSSR count). The monoisotopic (exact) mass is 171 g/mol. The van der Waals surface area contributed by atoms with Crippen LogP contribution >= 0.6 is 0 Å². The molecule has 2 aliphatic rings. The molecule has 0 aliphatic carbocycles. The SMILES string of the molecule is OCC1CCNC12CCOCC2. The maximum absolute atomic E-state index is 9.20. The fraction of sp³-hybridized carbons (Fsp3) is 1.00. The predicted molar refractivity (Wildman–Crippen MR) is 46.0 cm³/mol. The maximum atomic E-state index is 9.20. The molecule has 2 saturated heterocycles. The molecule has 0 saturated carbocycles. The predicted octanol–water partition coefficient (Wildman–Crippen LogP) is 0.137. The van der Waals surface area contributed by atoms with E-state index in [0.29, 0.717) is 12.5 Å². The summed E-state index contributed by atoms with van der Waals surface area (Å²) in [5, 5.41) is 12.7. The first kappa shape index (κ1) is 8.48. The van der Waals surface area contributed by atoms with Crippen LogP contribution in [-0.2, 0) is 4.74 Å². The third-order valence-electron chi connectivity index (χ3n) is 3.36. The van der Waals surface area contributed by atoms with Gasteiger partial charge in [0.2, 0.25) is 0 Å². The average molecular weight is 171 g/mol. The Bertz CT molecular complexity index is 155. The lowest BCUT2D eigenvalue weighted by molar-refractivity contribution is 0.0163. The Morgan fingerprint density at radius 2 is 2.17 bits per heavy atom. The molecule has 0 aromatic carbocycles. The summed E-state index contributed by atoms with van der Waals surface area (Å²) in [7, 11) is 0. The number of aliphatic hydroxyl groups excluding tert-OH is 1. The van der Waals surface area contributed by atoms with Crippen LogP contribution in [0.5, 0.6) is 0 Å². The molecule has 0 aromatic rings. The van der Waals surface area contributed by atoms with Crippen molar-refractivity contribution in [3.63, 3.8) is 0 Å². The summed E-state index contributed by atoms with van der Waals surface area (Å²) in [4.78, 5) is 0. The van der Waals surface area contributed by atoms with Crippen LogP contribution in [0.2, 0.25) is 0 Å². The number of rotatable bonds is 1. The third kappa shape index (κ3) is 1.26. The largest absolute Gasteiger partial charge is 0.396 e. The van der Waals surface area contributed by atoms with Crippen molar-refractivity contribution in [2.75, 3.05) is 26.4 Å². The molecule has 0 amide bonds. The molecule has 1 spiro atoms. The number of hydrogen-bond donors (Lipinski definition) is 2. The van der Waals surface area contributed by atoms with E-state index < -0.39 is 0 Å². The molecular weight excluding hydrogens is 154 g/mol. The van der Waals surface area contributed by atoms with Crippen LogP contribution < -0.4 is 5.32 Å². The van der Waals surface area contributed by atoms with E-state index >= 15 is 0 Å². The quantitative estimate of drug-likeness (QED) is 0.589. The Morgan fingerprint density at radius 3 is 2.83 bits per heavy atom. The van der Waals surface area contributed by atoms with E-state index in [-0.39, 0.29) is 5.54 Å². The molecule has 3 nitrogen and oxygen atoms in total. The maximum Gasteiger partial charge on any atom is 0.0483 e. The van der Waals surface area contributed by atoms with Gasteiger partial charge in [0.25, 0.3) is 0 Å². The Balaban J connectivity index is 2.05. The molecular formula is C9H17NO2. The van der Waals surface area contributed by atoms with Gasteiger partial charge < -0.3 is 15.2 Å². The molecule has 2 aliphatic heterocycles. The van der Waals surface area contributed by atoms with Crippen molar-refractivity contribution < 1.29 is 9.84 Å². The molecule has 1 unspecified atom stereocenters. The van der Waals surface area contributed by atoms with Gasteiger partial charge >= 0.3 is 0 Å². The summed E-state index contributed by atoms with van der Waals surface area (Å²) in [6.45, 7) is 3.09. The second-order valence-electron chi connectivity index (χ2n) is 3.86. The molecule has 2 heterocycles. The summed E-state index contributed by atoms with van der Waals surface area (Å²) >= 11 is 0. The van der Waals surface area contributed by atoms with Gasteiger partial charge in [0.15, 0.2) is 0 Å². The minimum atomic E-state index is 0.215. The standard InChI is InChI=1S/C9H17NO2/c11-7-8-1-4-10-9(8)2-5-12-6-3-9/h8,10-11H,1-7H2. The van der Waals surface area contributed by atoms with Crippen LogP contribution in [0.3, 0.4) is 0 Å². The minimum absolute atomic E-state index is 0.215. The third-order valence-corrected chi connectivity index (χ3v) is 3.36.